The molecule has 0 aliphatic carbocycles. The molecule has 2 heterocycles. The molecule has 7 nitrogen and oxygen atoms in total. The van der Waals surface area contributed by atoms with E-state index < -0.39 is 0 Å². The molecule has 0 aliphatic rings. The summed E-state index contributed by atoms with van der Waals surface area (Å²) in [6.45, 7) is 0. The molecule has 0 unspecified atom stereocenters. The van der Waals surface area contributed by atoms with Gasteiger partial charge in [-0.2, -0.15) is 4.98 Å². The van der Waals surface area contributed by atoms with E-state index >= 15 is 0 Å². The van der Waals surface area contributed by atoms with E-state index in [1.54, 1.807) is 0 Å². The highest BCUT2D eigenvalue weighted by Gasteiger charge is 2.15. The monoisotopic (exact) mass is 201 g/mol. The lowest BCUT2D eigenvalue weighted by molar-refractivity contribution is 0.310. The SMILES string of the molecule is Nc1nonc1-c1noc(CCl)n1. The van der Waals surface area contributed by atoms with Gasteiger partial charge < -0.3 is 10.3 Å². The van der Waals surface area contributed by atoms with Gasteiger partial charge in [0, 0.05) is 0 Å². The molecular weight excluding hydrogens is 198 g/mol. The summed E-state index contributed by atoms with van der Waals surface area (Å²) in [5.74, 6) is 0.758. The van der Waals surface area contributed by atoms with E-state index in [2.05, 4.69) is 25.1 Å². The van der Waals surface area contributed by atoms with Crippen molar-refractivity contribution in [2.45, 2.75) is 5.88 Å². The second kappa shape index (κ2) is 3.02. The maximum Gasteiger partial charge on any atom is 0.241 e. The van der Waals surface area contributed by atoms with Crippen molar-refractivity contribution in [3.05, 3.63) is 5.89 Å². The van der Waals surface area contributed by atoms with E-state index in [-0.39, 0.29) is 23.2 Å². The van der Waals surface area contributed by atoms with Gasteiger partial charge >= 0.3 is 0 Å². The minimum absolute atomic E-state index is 0.113. The molecule has 0 fully saturated rings. The average Bonchev–Trinajstić information content (AvgIpc) is 2.71. The highest BCUT2D eigenvalue weighted by Crippen LogP contribution is 2.18. The van der Waals surface area contributed by atoms with Crippen molar-refractivity contribution in [2.75, 3.05) is 5.73 Å². The second-order valence-electron chi connectivity index (χ2n) is 2.14. The highest BCUT2D eigenvalue weighted by molar-refractivity contribution is 6.16. The molecule has 0 aromatic carbocycles. The Hall–Kier alpha value is -1.63. The van der Waals surface area contributed by atoms with E-state index in [0.717, 1.165) is 0 Å². The van der Waals surface area contributed by atoms with Crippen LogP contribution in [0.3, 0.4) is 0 Å². The summed E-state index contributed by atoms with van der Waals surface area (Å²) in [5, 5.41) is 10.4. The van der Waals surface area contributed by atoms with E-state index in [1.807, 2.05) is 0 Å². The molecule has 2 rings (SSSR count). The van der Waals surface area contributed by atoms with Crippen molar-refractivity contribution >= 4 is 17.4 Å². The van der Waals surface area contributed by atoms with Gasteiger partial charge in [-0.05, 0) is 10.3 Å². The number of rotatable bonds is 2. The largest absolute Gasteiger partial charge is 0.379 e. The van der Waals surface area contributed by atoms with Crippen LogP contribution < -0.4 is 5.73 Å². The van der Waals surface area contributed by atoms with Crippen LogP contribution >= 0.6 is 11.6 Å². The van der Waals surface area contributed by atoms with Crippen molar-refractivity contribution in [1.82, 2.24) is 20.5 Å². The number of nitrogens with zero attached hydrogens (tertiary/aromatic N) is 4. The summed E-state index contributed by atoms with van der Waals surface area (Å²) in [4.78, 5) is 3.88. The fraction of sp³-hybridized carbons (Fsp3) is 0.200. The van der Waals surface area contributed by atoms with Crippen LogP contribution in [0, 0.1) is 0 Å². The van der Waals surface area contributed by atoms with Gasteiger partial charge in [0.05, 0.1) is 0 Å². The highest BCUT2D eigenvalue weighted by atomic mass is 35.5. The topological polar surface area (TPSA) is 104 Å². The first kappa shape index (κ1) is 7.99. The second-order valence-corrected chi connectivity index (χ2v) is 2.41. The van der Waals surface area contributed by atoms with Crippen LogP contribution in [0.15, 0.2) is 9.15 Å². The normalized spacial score (nSPS) is 10.5. The summed E-state index contributed by atoms with van der Waals surface area (Å²) in [6, 6.07) is 0. The van der Waals surface area contributed by atoms with Gasteiger partial charge in [-0.25, -0.2) is 4.63 Å². The predicted octanol–water partition coefficient (Wildman–Crippen LogP) is 0.441. The molecule has 0 amide bonds. The first-order valence-corrected chi connectivity index (χ1v) is 3.81. The number of hydrogen-bond donors (Lipinski definition) is 1. The standard InChI is InChI=1S/C5H4ClN5O2/c6-1-2-8-5(11-12-2)3-4(7)10-13-9-3/h1H2,(H2,7,10). The summed E-state index contributed by atoms with van der Waals surface area (Å²) in [7, 11) is 0. The molecule has 0 aliphatic heterocycles. The number of hydrogen-bond acceptors (Lipinski definition) is 7. The summed E-state index contributed by atoms with van der Waals surface area (Å²) in [6.07, 6.45) is 0. The fourth-order valence-electron chi connectivity index (χ4n) is 0.756. The molecular formula is C5H4ClN5O2. The number of nitrogen functional groups attached to an aromatic ring is 1. The Balaban J connectivity index is 2.41. The van der Waals surface area contributed by atoms with E-state index in [0.29, 0.717) is 5.89 Å². The molecule has 68 valence electrons. The molecule has 0 radical (unpaired) electrons. The number of alkyl halides is 1. The van der Waals surface area contributed by atoms with Gasteiger partial charge in [0.15, 0.2) is 11.5 Å². The molecule has 0 saturated heterocycles. The quantitative estimate of drug-likeness (QED) is 0.703. The molecule has 2 aromatic heterocycles. The van der Waals surface area contributed by atoms with Gasteiger partial charge in [0.2, 0.25) is 11.7 Å². The summed E-state index contributed by atoms with van der Waals surface area (Å²) < 4.78 is 9.10. The summed E-state index contributed by atoms with van der Waals surface area (Å²) >= 11 is 5.45. The predicted molar refractivity (Wildman–Crippen MR) is 41.6 cm³/mol. The molecule has 0 spiro atoms. The van der Waals surface area contributed by atoms with Crippen molar-refractivity contribution in [2.24, 2.45) is 0 Å². The molecule has 2 aromatic rings. The van der Waals surface area contributed by atoms with Crippen LogP contribution in [-0.2, 0) is 5.88 Å². The number of nitrogens with two attached hydrogens (primary N) is 1. The van der Waals surface area contributed by atoms with E-state index in [4.69, 9.17) is 21.9 Å². The third-order valence-corrected chi connectivity index (χ3v) is 1.54. The fourth-order valence-corrected chi connectivity index (χ4v) is 0.864. The van der Waals surface area contributed by atoms with Crippen molar-refractivity contribution in [1.29, 1.82) is 0 Å². The number of aromatic nitrogens is 4. The molecule has 0 atom stereocenters. The average molecular weight is 202 g/mol. The van der Waals surface area contributed by atoms with Crippen LogP contribution in [0.1, 0.15) is 5.89 Å². The Morgan fingerprint density at radius 1 is 1.31 bits per heavy atom. The van der Waals surface area contributed by atoms with Crippen molar-refractivity contribution < 1.29 is 9.15 Å². The summed E-state index contributed by atoms with van der Waals surface area (Å²) in [5.41, 5.74) is 5.65. The van der Waals surface area contributed by atoms with Crippen molar-refractivity contribution in [3.63, 3.8) is 0 Å². The molecule has 2 N–H and O–H groups in total. The first-order valence-electron chi connectivity index (χ1n) is 3.28. The van der Waals surface area contributed by atoms with Crippen LogP contribution in [0.25, 0.3) is 11.5 Å². The third-order valence-electron chi connectivity index (χ3n) is 1.31. The van der Waals surface area contributed by atoms with E-state index in [9.17, 15) is 0 Å². The lowest BCUT2D eigenvalue weighted by atomic mass is 10.4. The zero-order valence-corrected chi connectivity index (χ0v) is 7.02. The third kappa shape index (κ3) is 1.33. The van der Waals surface area contributed by atoms with Crippen LogP contribution in [-0.4, -0.2) is 20.5 Å². The zero-order chi connectivity index (χ0) is 9.26. The van der Waals surface area contributed by atoms with Gasteiger partial charge in [0.1, 0.15) is 5.88 Å². The molecule has 0 saturated carbocycles. The smallest absolute Gasteiger partial charge is 0.241 e. The number of halogens is 1. The maximum atomic E-state index is 5.45. The molecule has 0 bridgehead atoms. The molecule has 13 heavy (non-hydrogen) atoms. The van der Waals surface area contributed by atoms with Gasteiger partial charge in [0.25, 0.3) is 0 Å². The number of anilines is 1. The Morgan fingerprint density at radius 2 is 2.15 bits per heavy atom. The Labute approximate surface area is 76.8 Å². The zero-order valence-electron chi connectivity index (χ0n) is 6.27. The minimum atomic E-state index is 0.113. The van der Waals surface area contributed by atoms with Crippen LogP contribution in [0.2, 0.25) is 0 Å². The van der Waals surface area contributed by atoms with Gasteiger partial charge in [-0.15, -0.1) is 11.6 Å². The lowest BCUT2D eigenvalue weighted by Crippen LogP contribution is -1.89. The maximum absolute atomic E-state index is 5.45. The Morgan fingerprint density at radius 3 is 2.69 bits per heavy atom. The Kier molecular flexibility index (Phi) is 1.85. The Bertz CT molecular complexity index is 410. The van der Waals surface area contributed by atoms with Crippen molar-refractivity contribution in [3.8, 4) is 11.5 Å². The van der Waals surface area contributed by atoms with E-state index in [1.165, 1.54) is 0 Å². The lowest BCUT2D eigenvalue weighted by Gasteiger charge is -1.82. The minimum Gasteiger partial charge on any atom is -0.379 e. The molecule has 8 heteroatoms. The van der Waals surface area contributed by atoms with Gasteiger partial charge in [-0.1, -0.05) is 5.16 Å². The first-order chi connectivity index (χ1) is 6.31. The van der Waals surface area contributed by atoms with Crippen LogP contribution in [0.4, 0.5) is 5.82 Å². The van der Waals surface area contributed by atoms with Crippen LogP contribution in [0.5, 0.6) is 0 Å². The van der Waals surface area contributed by atoms with Gasteiger partial charge in [-0.3, -0.25) is 0 Å².